The number of hydrogen-bond donors (Lipinski definition) is 1. The molecule has 0 spiro atoms. The molecule has 3 aromatic carbocycles. The average molecular weight is 398 g/mol. The van der Waals surface area contributed by atoms with Crippen LogP contribution >= 0.6 is 0 Å². The van der Waals surface area contributed by atoms with Gasteiger partial charge in [0, 0.05) is 21.8 Å². The van der Waals surface area contributed by atoms with E-state index >= 15 is 0 Å². The Bertz CT molecular complexity index is 1110. The number of aromatic nitrogens is 1. The van der Waals surface area contributed by atoms with Crippen molar-refractivity contribution in [2.45, 2.75) is 47.5 Å². The molecule has 0 aliphatic rings. The number of rotatable bonds is 5. The second-order valence-electron chi connectivity index (χ2n) is 6.69. The number of para-hydroxylation sites is 1. The van der Waals surface area contributed by atoms with E-state index in [1.807, 2.05) is 33.8 Å². The lowest BCUT2D eigenvalue weighted by atomic mass is 9.96. The van der Waals surface area contributed by atoms with Gasteiger partial charge in [0.1, 0.15) is 0 Å². The summed E-state index contributed by atoms with van der Waals surface area (Å²) < 4.78 is 0. The maximum absolute atomic E-state index is 3.87. The van der Waals surface area contributed by atoms with Gasteiger partial charge in [0.05, 0.1) is 0 Å². The van der Waals surface area contributed by atoms with Crippen LogP contribution in [0.2, 0.25) is 0 Å². The highest BCUT2D eigenvalue weighted by Crippen LogP contribution is 2.31. The molecule has 0 amide bonds. The van der Waals surface area contributed by atoms with Crippen LogP contribution in [0.15, 0.2) is 85.5 Å². The number of fused-ring (bicyclic) bond motifs is 3. The lowest BCUT2D eigenvalue weighted by molar-refractivity contribution is 0.973. The van der Waals surface area contributed by atoms with Crippen molar-refractivity contribution >= 4 is 27.4 Å². The van der Waals surface area contributed by atoms with E-state index in [1.165, 1.54) is 44.1 Å². The first kappa shape index (κ1) is 23.2. The van der Waals surface area contributed by atoms with Crippen molar-refractivity contribution in [1.82, 2.24) is 4.98 Å². The quantitative estimate of drug-likeness (QED) is 0.323. The molecule has 4 aromatic rings. The maximum Gasteiger partial charge on any atom is 0.0465 e. The number of hydrogen-bond acceptors (Lipinski definition) is 0. The standard InChI is InChI=1S/C25H23N.2C2H6/c1-3-8-18(9-4-2)19-10-7-11-20(16-19)21-14-15-25-23(17-21)22-12-5-6-13-24(22)26-25;2*1-2/h3,5-8,10-17,26H,1,4,9H2,2H3;2*1-2H3/b18-8+;;. The normalized spacial score (nSPS) is 10.8. The molecular weight excluding hydrogens is 362 g/mol. The molecule has 0 fully saturated rings. The fourth-order valence-corrected chi connectivity index (χ4v) is 3.66. The molecule has 1 heteroatoms. The molecule has 4 rings (SSSR count). The van der Waals surface area contributed by atoms with Gasteiger partial charge >= 0.3 is 0 Å². The molecule has 0 atom stereocenters. The van der Waals surface area contributed by atoms with Crippen LogP contribution in [0, 0.1) is 0 Å². The molecule has 0 radical (unpaired) electrons. The number of nitrogens with one attached hydrogen (secondary N) is 1. The molecule has 0 saturated heterocycles. The smallest absolute Gasteiger partial charge is 0.0465 e. The molecule has 30 heavy (non-hydrogen) atoms. The molecule has 0 bridgehead atoms. The Hall–Kier alpha value is -3.06. The topological polar surface area (TPSA) is 15.8 Å². The molecule has 0 saturated carbocycles. The minimum atomic E-state index is 1.07. The van der Waals surface area contributed by atoms with Gasteiger partial charge < -0.3 is 4.98 Å². The van der Waals surface area contributed by atoms with E-state index in [1.54, 1.807) is 0 Å². The maximum atomic E-state index is 3.87. The Balaban J connectivity index is 0.000000757. The SMILES string of the molecule is C=C/C=C(\CCC)c1cccc(-c2ccc3[nH]c4ccccc4c3c2)c1.CC.CC. The van der Waals surface area contributed by atoms with E-state index in [0.717, 1.165) is 12.8 Å². The van der Waals surface area contributed by atoms with Crippen LogP contribution < -0.4 is 0 Å². The minimum Gasteiger partial charge on any atom is -0.355 e. The highest BCUT2D eigenvalue weighted by molar-refractivity contribution is 6.08. The Morgan fingerprint density at radius 1 is 0.800 bits per heavy atom. The van der Waals surface area contributed by atoms with Gasteiger partial charge in [0.15, 0.2) is 0 Å². The zero-order valence-corrected chi connectivity index (χ0v) is 19.1. The van der Waals surface area contributed by atoms with Crippen molar-refractivity contribution in [3.8, 4) is 11.1 Å². The number of aromatic amines is 1. The Morgan fingerprint density at radius 3 is 2.23 bits per heavy atom. The molecule has 1 N–H and O–H groups in total. The van der Waals surface area contributed by atoms with E-state index in [0.29, 0.717) is 0 Å². The first-order chi connectivity index (χ1) is 14.8. The molecule has 1 nitrogen and oxygen atoms in total. The summed E-state index contributed by atoms with van der Waals surface area (Å²) in [5.74, 6) is 0. The van der Waals surface area contributed by atoms with Gasteiger partial charge in [-0.15, -0.1) is 0 Å². The van der Waals surface area contributed by atoms with Crippen molar-refractivity contribution in [3.63, 3.8) is 0 Å². The predicted molar refractivity (Wildman–Crippen MR) is 137 cm³/mol. The van der Waals surface area contributed by atoms with Crippen LogP contribution in [0.25, 0.3) is 38.5 Å². The summed E-state index contributed by atoms with van der Waals surface area (Å²) >= 11 is 0. The van der Waals surface area contributed by atoms with E-state index in [9.17, 15) is 0 Å². The fourth-order valence-electron chi connectivity index (χ4n) is 3.66. The predicted octanol–water partition coefficient (Wildman–Crippen LogP) is 9.41. The van der Waals surface area contributed by atoms with Crippen LogP contribution in [0.5, 0.6) is 0 Å². The third-order valence-electron chi connectivity index (χ3n) is 4.91. The van der Waals surface area contributed by atoms with Gasteiger partial charge in [-0.3, -0.25) is 0 Å². The summed E-state index contributed by atoms with van der Waals surface area (Å²) in [4.78, 5) is 3.50. The van der Waals surface area contributed by atoms with E-state index in [4.69, 9.17) is 0 Å². The Labute approximate surface area is 182 Å². The minimum absolute atomic E-state index is 1.07. The first-order valence-corrected chi connectivity index (χ1v) is 11.2. The van der Waals surface area contributed by atoms with Crippen LogP contribution in [0.1, 0.15) is 53.0 Å². The summed E-state index contributed by atoms with van der Waals surface area (Å²) in [6, 6.07) is 24.0. The monoisotopic (exact) mass is 397 g/mol. The Morgan fingerprint density at radius 2 is 1.50 bits per heavy atom. The second kappa shape index (κ2) is 11.8. The summed E-state index contributed by atoms with van der Waals surface area (Å²) in [5.41, 5.74) is 7.50. The third kappa shape index (κ3) is 5.10. The molecule has 0 aliphatic heterocycles. The van der Waals surface area contributed by atoms with Crippen molar-refractivity contribution < 1.29 is 0 Å². The van der Waals surface area contributed by atoms with Crippen molar-refractivity contribution in [2.75, 3.05) is 0 Å². The molecule has 0 unspecified atom stereocenters. The van der Waals surface area contributed by atoms with E-state index in [2.05, 4.69) is 91.3 Å². The number of benzene rings is 3. The summed E-state index contributed by atoms with van der Waals surface area (Å²) in [7, 11) is 0. The lowest BCUT2D eigenvalue weighted by Gasteiger charge is -2.09. The van der Waals surface area contributed by atoms with Gasteiger partial charge in [-0.2, -0.15) is 0 Å². The average Bonchev–Trinajstić information content (AvgIpc) is 3.19. The zero-order valence-electron chi connectivity index (χ0n) is 19.1. The number of H-pyrrole nitrogens is 1. The molecule has 1 aromatic heterocycles. The van der Waals surface area contributed by atoms with Crippen LogP contribution in [-0.2, 0) is 0 Å². The second-order valence-corrected chi connectivity index (χ2v) is 6.69. The van der Waals surface area contributed by atoms with E-state index in [-0.39, 0.29) is 0 Å². The highest BCUT2D eigenvalue weighted by atomic mass is 14.7. The van der Waals surface area contributed by atoms with Crippen molar-refractivity contribution in [1.29, 1.82) is 0 Å². The zero-order chi connectivity index (χ0) is 21.9. The molecule has 156 valence electrons. The summed E-state index contributed by atoms with van der Waals surface area (Å²) in [6.45, 7) is 14.1. The van der Waals surface area contributed by atoms with Gasteiger partial charge in [0.2, 0.25) is 0 Å². The lowest BCUT2D eigenvalue weighted by Crippen LogP contribution is -1.86. The van der Waals surface area contributed by atoms with Gasteiger partial charge in [-0.05, 0) is 52.9 Å². The largest absolute Gasteiger partial charge is 0.355 e. The van der Waals surface area contributed by atoms with Gasteiger partial charge in [-0.25, -0.2) is 0 Å². The van der Waals surface area contributed by atoms with Crippen LogP contribution in [0.3, 0.4) is 0 Å². The highest BCUT2D eigenvalue weighted by Gasteiger charge is 2.07. The van der Waals surface area contributed by atoms with E-state index < -0.39 is 0 Å². The van der Waals surface area contributed by atoms with Crippen LogP contribution in [-0.4, -0.2) is 4.98 Å². The van der Waals surface area contributed by atoms with Gasteiger partial charge in [0.25, 0.3) is 0 Å². The first-order valence-electron chi connectivity index (χ1n) is 11.2. The summed E-state index contributed by atoms with van der Waals surface area (Å²) in [5, 5.41) is 2.55. The van der Waals surface area contributed by atoms with Crippen molar-refractivity contribution in [3.05, 3.63) is 91.0 Å². The summed E-state index contributed by atoms with van der Waals surface area (Å²) in [6.07, 6.45) is 6.21. The Kier molecular flexibility index (Phi) is 9.15. The fraction of sp³-hybridized carbons (Fsp3) is 0.241. The molecular formula is C29H35N. The van der Waals surface area contributed by atoms with Crippen molar-refractivity contribution in [2.24, 2.45) is 0 Å². The number of allylic oxidation sites excluding steroid dienone is 3. The van der Waals surface area contributed by atoms with Gasteiger partial charge in [-0.1, -0.05) is 102 Å². The molecule has 0 aliphatic carbocycles. The molecule has 1 heterocycles. The third-order valence-corrected chi connectivity index (χ3v) is 4.91. The van der Waals surface area contributed by atoms with Crippen LogP contribution in [0.4, 0.5) is 0 Å².